The van der Waals surface area contributed by atoms with Crippen LogP contribution in [-0.2, 0) is 78.1 Å². The van der Waals surface area contributed by atoms with Crippen LogP contribution >= 0.6 is 31.3 Å². The summed E-state index contributed by atoms with van der Waals surface area (Å²) in [4.78, 5) is 163. The number of phosphoric ester groups is 4. The Morgan fingerprint density at radius 1 is 0.440 bits per heavy atom. The molecular weight excluding hydrogens is 1450 g/mol. The first kappa shape index (κ1) is 74.0. The number of imidazole rings is 1. The minimum Gasteiger partial charge on any atom is -0.394 e. The van der Waals surface area contributed by atoms with E-state index < -0.39 is 249 Å². The molecule has 4 unspecified atom stereocenters. The van der Waals surface area contributed by atoms with Crippen LogP contribution in [0.15, 0.2) is 93.7 Å². The Hall–Kier alpha value is -7.17. The number of anilines is 2. The molecular formula is C46H58N14O36P4. The third-order valence-corrected chi connectivity index (χ3v) is 19.5. The van der Waals surface area contributed by atoms with E-state index in [0.717, 1.165) is 64.5 Å². The van der Waals surface area contributed by atoms with Crippen molar-refractivity contribution >= 4 is 54.2 Å². The molecule has 54 heteroatoms. The maximum Gasteiger partial charge on any atom is 0.472 e. The van der Waals surface area contributed by atoms with Gasteiger partial charge in [-0.05, 0) is 6.07 Å². The predicted molar refractivity (Wildman–Crippen MR) is 315 cm³/mol. The molecule has 0 saturated carbocycles. The topological polar surface area (TPSA) is 726 Å². The summed E-state index contributed by atoms with van der Waals surface area (Å²) in [6.45, 7) is -6.33. The van der Waals surface area contributed by atoms with Gasteiger partial charge in [-0.25, -0.2) is 42.4 Å². The van der Waals surface area contributed by atoms with Gasteiger partial charge in [0.2, 0.25) is 5.95 Å². The van der Waals surface area contributed by atoms with Crippen LogP contribution in [0.4, 0.5) is 11.8 Å². The molecule has 0 bridgehead atoms. The van der Waals surface area contributed by atoms with Gasteiger partial charge in [-0.2, -0.15) is 9.97 Å². The van der Waals surface area contributed by atoms with Crippen LogP contribution in [0.1, 0.15) is 31.1 Å². The average molecular weight is 1510 g/mol. The number of hydrogen-bond acceptors (Lipinski definition) is 37. The summed E-state index contributed by atoms with van der Waals surface area (Å²) in [6, 6.07) is 3.52. The molecule has 5 aliphatic heterocycles. The van der Waals surface area contributed by atoms with E-state index in [9.17, 15) is 112 Å². The van der Waals surface area contributed by atoms with Gasteiger partial charge in [-0.1, -0.05) is 0 Å². The van der Waals surface area contributed by atoms with Crippen LogP contribution < -0.4 is 56.5 Å². The van der Waals surface area contributed by atoms with E-state index >= 15 is 0 Å². The first-order valence-corrected chi connectivity index (χ1v) is 34.6. The minimum absolute atomic E-state index is 0.220. The van der Waals surface area contributed by atoms with Crippen molar-refractivity contribution in [2.45, 2.75) is 123 Å². The van der Waals surface area contributed by atoms with E-state index in [1.54, 1.807) is 0 Å². The normalized spacial score (nSPS) is 33.1. The number of H-pyrrole nitrogens is 4. The lowest BCUT2D eigenvalue weighted by Crippen LogP contribution is -2.39. The zero-order chi connectivity index (χ0) is 72.4. The monoisotopic (exact) mass is 1510 g/mol. The van der Waals surface area contributed by atoms with Gasteiger partial charge >= 0.3 is 54.0 Å². The molecule has 548 valence electrons. The zero-order valence-corrected chi connectivity index (χ0v) is 53.5. The lowest BCUT2D eigenvalue weighted by atomic mass is 10.1. The number of aliphatic hydroxyl groups is 7. The number of aromatic amines is 4. The number of nitrogens with one attached hydrogen (secondary N) is 4. The smallest absolute Gasteiger partial charge is 0.394 e. The SMILES string of the molecule is Nc1ccn([C@@H]2O[C@H](COP(=O)(O)O[C@H]3[C@@H](O)[C@H](n4ccc(=O)[nH]c4=O)O[C@@H]3COP(=O)(O)O[C@H]3[C@@H](O)[C@H](n4ccc(=O)[nH]c4=O)O[C@@H]3COP(=O)(O)O[C@H]3[C@@H](O)[C@H](n4cnc5c(=O)[nH]c(N)nc54)O[C@@H]3COP(=O)(O)O[C@H]3[C@@H](O)[C@H](n4ccc(=O)[nH]c4=O)O[C@@H]3CO)[C@@H](O)[C@H]2O)c(=O)n1. The molecule has 0 radical (unpaired) electrons. The van der Waals surface area contributed by atoms with Crippen LogP contribution in [0, 0.1) is 0 Å². The van der Waals surface area contributed by atoms with Gasteiger partial charge in [-0.3, -0.25) is 98.1 Å². The van der Waals surface area contributed by atoms with Gasteiger partial charge in [0.15, 0.2) is 42.3 Å². The fourth-order valence-corrected chi connectivity index (χ4v) is 14.9. The largest absolute Gasteiger partial charge is 0.472 e. The van der Waals surface area contributed by atoms with Crippen molar-refractivity contribution in [3.63, 3.8) is 0 Å². The number of nitrogen functional groups attached to an aromatic ring is 2. The third-order valence-electron chi connectivity index (χ3n) is 15.6. The molecule has 19 N–H and O–H groups in total. The first-order chi connectivity index (χ1) is 47.0. The molecule has 5 aliphatic rings. The van der Waals surface area contributed by atoms with Gasteiger partial charge in [0.1, 0.15) is 97.4 Å². The van der Waals surface area contributed by atoms with E-state index in [4.69, 9.17) is 71.3 Å². The highest BCUT2D eigenvalue weighted by Gasteiger charge is 2.56. The van der Waals surface area contributed by atoms with E-state index in [1.165, 1.54) is 0 Å². The summed E-state index contributed by atoms with van der Waals surface area (Å²) < 4.78 is 129. The second kappa shape index (κ2) is 28.9. The molecule has 100 heavy (non-hydrogen) atoms. The lowest BCUT2D eigenvalue weighted by molar-refractivity contribution is -0.0662. The molecule has 6 aromatic rings. The van der Waals surface area contributed by atoms with E-state index in [2.05, 4.69) is 19.9 Å². The highest BCUT2D eigenvalue weighted by atomic mass is 31.2. The summed E-state index contributed by atoms with van der Waals surface area (Å²) in [5.74, 6) is -0.719. The molecule has 5 saturated heterocycles. The summed E-state index contributed by atoms with van der Waals surface area (Å²) in [5, 5.41) is 77.6. The maximum atomic E-state index is 14.2. The molecule has 50 nitrogen and oxygen atoms in total. The number of nitrogens with two attached hydrogens (primary N) is 2. The Kier molecular flexibility index (Phi) is 21.4. The van der Waals surface area contributed by atoms with Crippen molar-refractivity contribution in [1.82, 2.24) is 57.7 Å². The lowest BCUT2D eigenvalue weighted by Gasteiger charge is -2.27. The molecule has 11 rings (SSSR count). The fraction of sp³-hybridized carbons (Fsp3) is 0.543. The van der Waals surface area contributed by atoms with Crippen molar-refractivity contribution in [3.05, 3.63) is 139 Å². The summed E-state index contributed by atoms with van der Waals surface area (Å²) in [7, 11) is -23.1. The molecule has 0 amide bonds. The van der Waals surface area contributed by atoms with Crippen molar-refractivity contribution in [1.29, 1.82) is 0 Å². The first-order valence-electron chi connectivity index (χ1n) is 28.6. The molecule has 0 aliphatic carbocycles. The standard InChI is InChI=1S/C46H58N14O36P4/c47-20-1-5-56(43(72)50-20)37-26(66)25(65)16(89-37)10-84-97(76,77)94-32-17(90-39(28(32)68)58-7-3-22(63)52-45(58)74)11-86-99(80,81)95-33-18(91-40(29(33)69)59-8-4-23(64)53-46(59)75)12-87-100(82,83)96-34-19(92-41(30(34)70)60-14-49-24-35(60)54-42(48)55-36(24)71)13-85-98(78,79)93-31-15(9-61)88-38(27(31)67)57-6-2-21(62)51-44(57)73/h1-8,14-19,25-34,37-41,61,65-70H,9-13H2,(H,76,77)(H,78,79)(H,80,81)(H,82,83)(H2,47,50,72)(H,51,62,73)(H,52,63,74)(H,53,64,75)(H3,48,54,55,71)/t15-,16-,17-,18-,19-,25-,26-,27-,28-,29-,30-,31-,32-,33-,34-,37-,38-,39-,40-,41-/m1/s1. The van der Waals surface area contributed by atoms with Crippen LogP contribution in [-0.4, -0.2) is 238 Å². The van der Waals surface area contributed by atoms with Crippen LogP contribution in [0.25, 0.3) is 11.2 Å². The van der Waals surface area contributed by atoms with Gasteiger partial charge in [0.05, 0.1) is 39.4 Å². The van der Waals surface area contributed by atoms with Crippen molar-refractivity contribution in [2.75, 3.05) is 44.5 Å². The van der Waals surface area contributed by atoms with Crippen molar-refractivity contribution in [3.8, 4) is 0 Å². The quantitative estimate of drug-likeness (QED) is 0.0224. The number of nitrogens with zero attached hydrogens (tertiary/aromatic N) is 8. The van der Waals surface area contributed by atoms with Crippen LogP contribution in [0.2, 0.25) is 0 Å². The van der Waals surface area contributed by atoms with Crippen molar-refractivity contribution in [2.24, 2.45) is 0 Å². The molecule has 24 atom stereocenters. The van der Waals surface area contributed by atoms with E-state index in [1.807, 2.05) is 15.0 Å². The Morgan fingerprint density at radius 2 is 0.780 bits per heavy atom. The van der Waals surface area contributed by atoms with Gasteiger partial charge in [-0.15, -0.1) is 0 Å². The number of aliphatic hydroxyl groups excluding tert-OH is 7. The van der Waals surface area contributed by atoms with Crippen LogP contribution in [0.3, 0.4) is 0 Å². The maximum absolute atomic E-state index is 14.2. The van der Waals surface area contributed by atoms with Gasteiger partial charge < -0.3 is 90.5 Å². The molecule has 11 heterocycles. The Balaban J connectivity index is 0.809. The van der Waals surface area contributed by atoms with Crippen LogP contribution in [0.5, 0.6) is 0 Å². The second-order valence-electron chi connectivity index (χ2n) is 22.2. The van der Waals surface area contributed by atoms with E-state index in [0.29, 0.717) is 13.7 Å². The highest BCUT2D eigenvalue weighted by Crippen LogP contribution is 2.55. The van der Waals surface area contributed by atoms with Gasteiger partial charge in [0, 0.05) is 43.0 Å². The summed E-state index contributed by atoms with van der Waals surface area (Å²) >= 11 is 0. The summed E-state index contributed by atoms with van der Waals surface area (Å²) in [5.41, 5.74) is 1.99. The Labute approximate surface area is 549 Å². The number of ether oxygens (including phenoxy) is 5. The number of rotatable bonds is 26. The molecule has 5 fully saturated rings. The summed E-state index contributed by atoms with van der Waals surface area (Å²) in [6.07, 6.45) is -36.8. The average Bonchev–Trinajstić information content (AvgIpc) is 1.62. The Morgan fingerprint density at radius 3 is 1.16 bits per heavy atom. The second-order valence-corrected chi connectivity index (χ2v) is 27.8. The number of aromatic nitrogens is 12. The number of fused-ring (bicyclic) bond motifs is 1. The molecule has 6 aromatic heterocycles. The minimum atomic E-state index is -5.93. The predicted octanol–water partition coefficient (Wildman–Crippen LogP) is -9.16. The Bertz CT molecular complexity index is 4730. The number of phosphoric acid groups is 4. The fourth-order valence-electron chi connectivity index (χ4n) is 11.0. The third kappa shape index (κ3) is 15.7. The highest BCUT2D eigenvalue weighted by molar-refractivity contribution is 7.48. The molecule has 0 aromatic carbocycles. The van der Waals surface area contributed by atoms with E-state index in [-0.39, 0.29) is 5.82 Å². The molecule has 0 spiro atoms. The van der Waals surface area contributed by atoms with Crippen molar-refractivity contribution < 1.29 is 133 Å². The zero-order valence-electron chi connectivity index (χ0n) is 49.9. The number of hydrogen-bond donors (Lipinski definition) is 17. The van der Waals surface area contributed by atoms with Gasteiger partial charge in [0.25, 0.3) is 22.2 Å².